The molecule has 0 spiro atoms. The molecule has 110 valence electrons. The normalized spacial score (nSPS) is 19.5. The van der Waals surface area contributed by atoms with E-state index in [4.69, 9.17) is 4.74 Å². The van der Waals surface area contributed by atoms with E-state index in [0.717, 1.165) is 0 Å². The van der Waals surface area contributed by atoms with Crippen LogP contribution in [0.3, 0.4) is 0 Å². The number of carbonyl (C=O) groups is 1. The molecule has 0 radical (unpaired) electrons. The molecule has 1 saturated heterocycles. The highest BCUT2D eigenvalue weighted by Gasteiger charge is 2.39. The van der Waals surface area contributed by atoms with E-state index in [1.54, 1.807) is 12.1 Å². The van der Waals surface area contributed by atoms with E-state index in [0.29, 0.717) is 20.4 Å². The number of ether oxygens (including phenoxy) is 1. The van der Waals surface area contributed by atoms with Crippen molar-refractivity contribution in [3.63, 3.8) is 0 Å². The van der Waals surface area contributed by atoms with Gasteiger partial charge in [-0.05, 0) is 37.9 Å². The summed E-state index contributed by atoms with van der Waals surface area (Å²) in [5, 5.41) is -1.32. The van der Waals surface area contributed by atoms with E-state index in [1.807, 2.05) is 0 Å². The summed E-state index contributed by atoms with van der Waals surface area (Å²) in [6.07, 6.45) is -0.357. The molecule has 1 aromatic carbocycles. The molecule has 1 aromatic rings. The maximum absolute atomic E-state index is 13.0. The molecule has 1 atom stereocenters. The Morgan fingerprint density at radius 2 is 2.00 bits per heavy atom. The van der Waals surface area contributed by atoms with Crippen LogP contribution < -0.4 is 9.64 Å². The number of carbonyl (C=O) groups excluding carboxylic acids is 1. The van der Waals surface area contributed by atoms with Crippen LogP contribution in [0, 0.1) is 0 Å². The van der Waals surface area contributed by atoms with E-state index >= 15 is 0 Å². The zero-order valence-electron chi connectivity index (χ0n) is 10.3. The van der Waals surface area contributed by atoms with Crippen LogP contribution in [0.1, 0.15) is 6.42 Å². The number of amides is 1. The Kier molecular flexibility index (Phi) is 4.41. The zero-order chi connectivity index (χ0) is 15.1. The van der Waals surface area contributed by atoms with Crippen LogP contribution in [0.15, 0.2) is 21.1 Å². The molecule has 1 aliphatic heterocycles. The monoisotopic (exact) mass is 429 g/mol. The van der Waals surface area contributed by atoms with Gasteiger partial charge in [0.1, 0.15) is 11.0 Å². The fourth-order valence-corrected chi connectivity index (χ4v) is 4.02. The maximum Gasteiger partial charge on any atom is 0.307 e. The number of anilines is 1. The quantitative estimate of drug-likeness (QED) is 0.691. The minimum Gasteiger partial charge on any atom is -0.495 e. The third-order valence-corrected chi connectivity index (χ3v) is 5.37. The molecule has 1 unspecified atom stereocenters. The first kappa shape index (κ1) is 15.7. The molecule has 1 fully saturated rings. The van der Waals surface area contributed by atoms with Gasteiger partial charge in [0.2, 0.25) is 5.91 Å². The van der Waals surface area contributed by atoms with E-state index in [-0.39, 0.29) is 13.0 Å². The second kappa shape index (κ2) is 5.61. The van der Waals surface area contributed by atoms with Crippen molar-refractivity contribution in [3.8, 4) is 5.75 Å². The predicted octanol–water partition coefficient (Wildman–Crippen LogP) is 2.62. The van der Waals surface area contributed by atoms with Crippen molar-refractivity contribution in [2.45, 2.75) is 11.7 Å². The van der Waals surface area contributed by atoms with Crippen LogP contribution in [-0.2, 0) is 15.0 Å². The molecular weight excluding hydrogens is 421 g/mol. The summed E-state index contributed by atoms with van der Waals surface area (Å²) < 4.78 is 41.3. The number of benzene rings is 1. The smallest absolute Gasteiger partial charge is 0.307 e. The number of hydrogen-bond donors (Lipinski definition) is 0. The first-order chi connectivity index (χ1) is 9.24. The molecule has 9 heteroatoms. The molecule has 1 aliphatic rings. The van der Waals surface area contributed by atoms with Crippen LogP contribution in [0.4, 0.5) is 9.57 Å². The number of rotatable bonds is 3. The lowest BCUT2D eigenvalue weighted by atomic mass is 10.3. The van der Waals surface area contributed by atoms with Crippen LogP contribution in [-0.4, -0.2) is 33.2 Å². The van der Waals surface area contributed by atoms with Crippen LogP contribution in [0.2, 0.25) is 0 Å². The first-order valence-corrected chi connectivity index (χ1v) is 8.54. The van der Waals surface area contributed by atoms with Crippen molar-refractivity contribution in [1.29, 1.82) is 0 Å². The molecule has 1 amide bonds. The number of halogens is 3. The lowest BCUT2D eigenvalue weighted by molar-refractivity contribution is -0.117. The van der Waals surface area contributed by atoms with Gasteiger partial charge in [-0.2, -0.15) is 8.42 Å². The van der Waals surface area contributed by atoms with Gasteiger partial charge < -0.3 is 9.64 Å². The van der Waals surface area contributed by atoms with Crippen molar-refractivity contribution in [1.82, 2.24) is 0 Å². The van der Waals surface area contributed by atoms with Gasteiger partial charge in [0.25, 0.3) is 0 Å². The lowest BCUT2D eigenvalue weighted by Gasteiger charge is -2.19. The van der Waals surface area contributed by atoms with Crippen molar-refractivity contribution < 1.29 is 21.8 Å². The number of nitrogens with zero attached hydrogens (tertiary/aromatic N) is 1. The van der Waals surface area contributed by atoms with Gasteiger partial charge in [-0.25, -0.2) is 0 Å². The third kappa shape index (κ3) is 2.99. The third-order valence-electron chi connectivity index (χ3n) is 3.00. The van der Waals surface area contributed by atoms with Crippen molar-refractivity contribution in [3.05, 3.63) is 21.1 Å². The van der Waals surface area contributed by atoms with Gasteiger partial charge >= 0.3 is 10.2 Å². The van der Waals surface area contributed by atoms with Gasteiger partial charge in [-0.1, -0.05) is 0 Å². The predicted molar refractivity (Wildman–Crippen MR) is 79.2 cm³/mol. The molecule has 0 aliphatic carbocycles. The summed E-state index contributed by atoms with van der Waals surface area (Å²) in [6, 6.07) is 3.26. The van der Waals surface area contributed by atoms with Crippen molar-refractivity contribution in [2.75, 3.05) is 18.6 Å². The minimum atomic E-state index is -4.73. The summed E-state index contributed by atoms with van der Waals surface area (Å²) in [7, 11) is -3.26. The average Bonchev–Trinajstić information content (AvgIpc) is 2.71. The Hall–Kier alpha value is -0.670. The van der Waals surface area contributed by atoms with Gasteiger partial charge in [0.05, 0.1) is 17.3 Å². The Morgan fingerprint density at radius 3 is 2.50 bits per heavy atom. The van der Waals surface area contributed by atoms with E-state index in [2.05, 4.69) is 31.9 Å². The highest BCUT2D eigenvalue weighted by atomic mass is 79.9. The molecule has 20 heavy (non-hydrogen) atoms. The molecule has 0 saturated carbocycles. The second-order valence-corrected chi connectivity index (χ2v) is 7.57. The van der Waals surface area contributed by atoms with E-state index < -0.39 is 21.4 Å². The molecule has 0 aromatic heterocycles. The van der Waals surface area contributed by atoms with Crippen LogP contribution in [0.25, 0.3) is 0 Å². The first-order valence-electron chi connectivity index (χ1n) is 5.51. The molecule has 2 rings (SSSR count). The molecular formula is C11H10Br2FNO4S. The van der Waals surface area contributed by atoms with Crippen LogP contribution >= 0.6 is 31.9 Å². The molecule has 1 heterocycles. The van der Waals surface area contributed by atoms with Gasteiger partial charge in [0, 0.05) is 23.5 Å². The summed E-state index contributed by atoms with van der Waals surface area (Å²) in [4.78, 5) is 13.1. The van der Waals surface area contributed by atoms with Gasteiger partial charge in [0.15, 0.2) is 0 Å². The topological polar surface area (TPSA) is 63.7 Å². The Balaban J connectivity index is 2.40. The SMILES string of the molecule is COc1cc(N2CC(S(=O)(=O)F)CC2=O)c(Br)cc1Br. The molecule has 0 bridgehead atoms. The summed E-state index contributed by atoms with van der Waals surface area (Å²) in [5.74, 6) is 0.0452. The van der Waals surface area contributed by atoms with Crippen molar-refractivity contribution in [2.24, 2.45) is 0 Å². The fourth-order valence-electron chi connectivity index (χ4n) is 1.98. The summed E-state index contributed by atoms with van der Waals surface area (Å²) in [5.41, 5.74) is 0.446. The second-order valence-electron chi connectivity index (χ2n) is 4.24. The largest absolute Gasteiger partial charge is 0.495 e. The van der Waals surface area contributed by atoms with Gasteiger partial charge in [-0.15, -0.1) is 3.89 Å². The van der Waals surface area contributed by atoms with Crippen molar-refractivity contribution >= 4 is 53.7 Å². The van der Waals surface area contributed by atoms with E-state index in [9.17, 15) is 17.1 Å². The highest BCUT2D eigenvalue weighted by molar-refractivity contribution is 9.11. The highest BCUT2D eigenvalue weighted by Crippen LogP contribution is 2.38. The lowest BCUT2D eigenvalue weighted by Crippen LogP contribution is -2.27. The average molecular weight is 431 g/mol. The van der Waals surface area contributed by atoms with E-state index in [1.165, 1.54) is 12.0 Å². The maximum atomic E-state index is 13.0. The Bertz CT molecular complexity index is 665. The summed E-state index contributed by atoms with van der Waals surface area (Å²) in [6.45, 7) is -0.207. The Labute approximate surface area is 132 Å². The zero-order valence-corrected chi connectivity index (χ0v) is 14.3. The molecule has 5 nitrogen and oxygen atoms in total. The summed E-state index contributed by atoms with van der Waals surface area (Å²) >= 11 is 6.59. The van der Waals surface area contributed by atoms with Crippen LogP contribution in [0.5, 0.6) is 5.75 Å². The van der Waals surface area contributed by atoms with Gasteiger partial charge in [-0.3, -0.25) is 4.79 Å². The number of hydrogen-bond acceptors (Lipinski definition) is 4. The fraction of sp³-hybridized carbons (Fsp3) is 0.364. The minimum absolute atomic E-state index is 0.207. The number of methoxy groups -OCH3 is 1. The molecule has 0 N–H and O–H groups in total. The standard InChI is InChI=1S/C11H10Br2FNO4S/c1-19-10-4-9(7(12)3-8(10)13)15-5-6(2-11(15)16)20(14,17)18/h3-4,6H,2,5H2,1H3. The Morgan fingerprint density at radius 1 is 1.35 bits per heavy atom.